The van der Waals surface area contributed by atoms with Gasteiger partial charge in [0.15, 0.2) is 0 Å². The number of nitrogens with zero attached hydrogens (tertiary/aromatic N) is 2. The van der Waals surface area contributed by atoms with Crippen molar-refractivity contribution in [3.8, 4) is 11.5 Å². The summed E-state index contributed by atoms with van der Waals surface area (Å²) in [5.74, 6) is 1.57. The molecule has 30 heavy (non-hydrogen) atoms. The van der Waals surface area contributed by atoms with Crippen LogP contribution in [0.3, 0.4) is 0 Å². The lowest BCUT2D eigenvalue weighted by Gasteiger charge is -2.28. The molecule has 0 saturated heterocycles. The molecule has 7 nitrogen and oxygen atoms in total. The van der Waals surface area contributed by atoms with E-state index in [9.17, 15) is 10.1 Å². The topological polar surface area (TPSA) is 86.0 Å². The van der Waals surface area contributed by atoms with Crippen LogP contribution < -0.4 is 14.9 Å². The summed E-state index contributed by atoms with van der Waals surface area (Å²) in [7, 11) is 1.64. The van der Waals surface area contributed by atoms with Crippen molar-refractivity contribution in [1.82, 2.24) is 0 Å². The highest BCUT2D eigenvalue weighted by atomic mass is 16.6. The van der Waals surface area contributed by atoms with Gasteiger partial charge in [0.2, 0.25) is 0 Å². The van der Waals surface area contributed by atoms with E-state index in [1.807, 2.05) is 43.3 Å². The van der Waals surface area contributed by atoms with Crippen LogP contribution in [0.25, 0.3) is 0 Å². The third kappa shape index (κ3) is 4.10. The summed E-state index contributed by atoms with van der Waals surface area (Å²) in [6.45, 7) is 2.03. The van der Waals surface area contributed by atoms with E-state index in [-0.39, 0.29) is 11.8 Å². The molecular weight excluding hydrogens is 382 g/mol. The number of hydrogen-bond donors (Lipinski definition) is 1. The van der Waals surface area contributed by atoms with Crippen molar-refractivity contribution in [2.75, 3.05) is 12.5 Å². The zero-order valence-corrected chi connectivity index (χ0v) is 16.7. The van der Waals surface area contributed by atoms with Crippen molar-refractivity contribution < 1.29 is 14.4 Å². The van der Waals surface area contributed by atoms with Gasteiger partial charge >= 0.3 is 0 Å². The van der Waals surface area contributed by atoms with Crippen molar-refractivity contribution in [3.63, 3.8) is 0 Å². The van der Waals surface area contributed by atoms with Crippen LogP contribution in [0.5, 0.6) is 11.5 Å². The second-order valence-corrected chi connectivity index (χ2v) is 7.06. The minimum Gasteiger partial charge on any atom is -0.497 e. The number of nitrogens with one attached hydrogen (secondary N) is 1. The van der Waals surface area contributed by atoms with E-state index < -0.39 is 4.92 Å². The Balaban J connectivity index is 1.63. The molecule has 1 aliphatic heterocycles. The quantitative estimate of drug-likeness (QED) is 0.464. The number of aryl methyl sites for hydroxylation is 1. The molecule has 0 bridgehead atoms. The molecule has 0 spiro atoms. The lowest BCUT2D eigenvalue weighted by Crippen LogP contribution is -2.22. The van der Waals surface area contributed by atoms with E-state index in [0.29, 0.717) is 12.1 Å². The van der Waals surface area contributed by atoms with Gasteiger partial charge in [0.25, 0.3) is 5.69 Å². The number of benzene rings is 3. The Bertz CT molecular complexity index is 1090. The van der Waals surface area contributed by atoms with Crippen molar-refractivity contribution in [2.24, 2.45) is 5.10 Å². The van der Waals surface area contributed by atoms with Crippen LogP contribution >= 0.6 is 0 Å². The van der Waals surface area contributed by atoms with Crippen molar-refractivity contribution in [2.45, 2.75) is 19.4 Å². The third-order valence-corrected chi connectivity index (χ3v) is 4.98. The largest absolute Gasteiger partial charge is 0.497 e. The zero-order chi connectivity index (χ0) is 21.1. The Kier molecular flexibility index (Phi) is 5.34. The van der Waals surface area contributed by atoms with Gasteiger partial charge in [-0.25, -0.2) is 0 Å². The van der Waals surface area contributed by atoms with Crippen LogP contribution in [0.1, 0.15) is 29.2 Å². The van der Waals surface area contributed by atoms with Gasteiger partial charge in [-0.15, -0.1) is 0 Å². The number of anilines is 1. The Morgan fingerprint density at radius 2 is 1.83 bits per heavy atom. The molecule has 0 aromatic heterocycles. The van der Waals surface area contributed by atoms with E-state index in [1.54, 1.807) is 19.2 Å². The van der Waals surface area contributed by atoms with E-state index >= 15 is 0 Å². The van der Waals surface area contributed by atoms with Crippen molar-refractivity contribution in [1.29, 1.82) is 0 Å². The molecule has 1 heterocycles. The lowest BCUT2D eigenvalue weighted by molar-refractivity contribution is -0.384. The number of non-ortho nitro benzene ring substituents is 1. The fourth-order valence-electron chi connectivity index (χ4n) is 3.35. The lowest BCUT2D eigenvalue weighted by atomic mass is 9.94. The maximum atomic E-state index is 10.8. The highest BCUT2D eigenvalue weighted by Gasteiger charge is 2.26. The van der Waals surface area contributed by atoms with Crippen LogP contribution in [0.15, 0.2) is 71.8 Å². The molecule has 1 unspecified atom stereocenters. The molecule has 1 aliphatic rings. The predicted octanol–water partition coefficient (Wildman–Crippen LogP) is 5.25. The molecule has 0 saturated carbocycles. The van der Waals surface area contributed by atoms with Gasteiger partial charge in [-0.1, -0.05) is 23.8 Å². The van der Waals surface area contributed by atoms with Gasteiger partial charge in [-0.3, -0.25) is 15.5 Å². The molecule has 0 aliphatic carbocycles. The number of ether oxygens (including phenoxy) is 2. The van der Waals surface area contributed by atoms with E-state index in [4.69, 9.17) is 9.47 Å². The van der Waals surface area contributed by atoms with Crippen LogP contribution in [0.4, 0.5) is 11.4 Å². The summed E-state index contributed by atoms with van der Waals surface area (Å²) >= 11 is 0. The Labute approximate surface area is 174 Å². The van der Waals surface area contributed by atoms with Crippen LogP contribution in [0, 0.1) is 17.0 Å². The number of hydrazone groups is 1. The molecule has 1 N–H and O–H groups in total. The normalized spacial score (nSPS) is 16.5. The number of hydrogen-bond acceptors (Lipinski definition) is 6. The molecule has 7 heteroatoms. The third-order valence-electron chi connectivity index (χ3n) is 4.98. The molecule has 3 aromatic rings. The first kappa shape index (κ1) is 19.4. The van der Waals surface area contributed by atoms with E-state index in [1.165, 1.54) is 12.1 Å². The summed E-state index contributed by atoms with van der Waals surface area (Å²) in [6.07, 6.45) is 0.409. The van der Waals surface area contributed by atoms with Gasteiger partial charge in [-0.05, 0) is 48.9 Å². The van der Waals surface area contributed by atoms with Crippen molar-refractivity contribution in [3.05, 3.63) is 93.5 Å². The fraction of sp³-hybridized carbons (Fsp3) is 0.174. The summed E-state index contributed by atoms with van der Waals surface area (Å²) in [5, 5.41) is 15.4. The van der Waals surface area contributed by atoms with Gasteiger partial charge in [0, 0.05) is 24.1 Å². The molecule has 0 fully saturated rings. The SMILES string of the molecule is COc1ccc(C2CC(=NNc3ccc([N+](=O)[O-])cc3)c3cc(C)ccc3O2)cc1. The number of nitro benzene ring substituents is 1. The van der Waals surface area contributed by atoms with Gasteiger partial charge in [-0.2, -0.15) is 5.10 Å². The molecule has 152 valence electrons. The average molecular weight is 403 g/mol. The average Bonchev–Trinajstić information content (AvgIpc) is 2.77. The minimum atomic E-state index is -0.424. The maximum absolute atomic E-state index is 10.8. The van der Waals surface area contributed by atoms with E-state index in [0.717, 1.165) is 33.9 Å². The van der Waals surface area contributed by atoms with Crippen LogP contribution in [-0.2, 0) is 0 Å². The molecule has 0 radical (unpaired) electrons. The summed E-state index contributed by atoms with van der Waals surface area (Å²) < 4.78 is 11.5. The number of nitro groups is 1. The monoisotopic (exact) mass is 403 g/mol. The Morgan fingerprint density at radius 3 is 2.50 bits per heavy atom. The second-order valence-electron chi connectivity index (χ2n) is 7.06. The van der Waals surface area contributed by atoms with Crippen LogP contribution in [0.2, 0.25) is 0 Å². The minimum absolute atomic E-state index is 0.0415. The highest BCUT2D eigenvalue weighted by Crippen LogP contribution is 2.36. The first-order valence-corrected chi connectivity index (χ1v) is 9.52. The molecule has 4 rings (SSSR count). The Hall–Kier alpha value is -3.87. The summed E-state index contributed by atoms with van der Waals surface area (Å²) in [5.41, 5.74) is 7.68. The summed E-state index contributed by atoms with van der Waals surface area (Å²) in [4.78, 5) is 10.4. The van der Waals surface area contributed by atoms with Gasteiger partial charge in [0.1, 0.15) is 17.6 Å². The molecule has 0 amide bonds. The van der Waals surface area contributed by atoms with E-state index in [2.05, 4.69) is 16.6 Å². The number of methoxy groups -OCH3 is 1. The van der Waals surface area contributed by atoms with Gasteiger partial charge < -0.3 is 9.47 Å². The number of fused-ring (bicyclic) bond motifs is 1. The fourth-order valence-corrected chi connectivity index (χ4v) is 3.35. The van der Waals surface area contributed by atoms with Crippen LogP contribution in [-0.4, -0.2) is 17.7 Å². The van der Waals surface area contributed by atoms with Gasteiger partial charge in [0.05, 0.1) is 23.4 Å². The molecule has 1 atom stereocenters. The number of rotatable bonds is 5. The maximum Gasteiger partial charge on any atom is 0.269 e. The standard InChI is InChI=1S/C23H21N3O4/c1-15-3-12-22-20(13-15)21(25-24-17-6-8-18(9-7-17)26(27)28)14-23(30-22)16-4-10-19(29-2)11-5-16/h3-13,23-24H,14H2,1-2H3. The second kappa shape index (κ2) is 8.24. The smallest absolute Gasteiger partial charge is 0.269 e. The Morgan fingerprint density at radius 1 is 1.10 bits per heavy atom. The molecular formula is C23H21N3O4. The highest BCUT2D eigenvalue weighted by molar-refractivity contribution is 6.04. The summed E-state index contributed by atoms with van der Waals surface area (Å²) in [6, 6.07) is 20.0. The first-order chi connectivity index (χ1) is 14.5. The molecule has 3 aromatic carbocycles. The first-order valence-electron chi connectivity index (χ1n) is 9.52. The predicted molar refractivity (Wildman–Crippen MR) is 115 cm³/mol. The zero-order valence-electron chi connectivity index (χ0n) is 16.7. The van der Waals surface area contributed by atoms with Crippen molar-refractivity contribution >= 4 is 17.1 Å².